The number of benzene rings is 2. The molecule has 3 aromatic rings. The van der Waals surface area contributed by atoms with Crippen molar-refractivity contribution in [2.24, 2.45) is 0 Å². The first-order valence-electron chi connectivity index (χ1n) is 11.5. The van der Waals surface area contributed by atoms with Crippen LogP contribution < -0.4 is 10.9 Å². The molecule has 0 saturated carbocycles. The molecule has 1 unspecified atom stereocenters. The SMILES string of the molecule is CCOC(=O)C1=C(C)Nc2nc(SCc3ccccc3Cl)[nH]c(=O)c2C1c1ccc(C(C)C)cc1. The number of rotatable bonds is 7. The Balaban J connectivity index is 1.76. The third-order valence-electron chi connectivity index (χ3n) is 5.97. The predicted molar refractivity (Wildman–Crippen MR) is 141 cm³/mol. The summed E-state index contributed by atoms with van der Waals surface area (Å²) in [6.45, 7) is 8.07. The number of hydrogen-bond acceptors (Lipinski definition) is 6. The van der Waals surface area contributed by atoms with Gasteiger partial charge in [0.05, 0.1) is 23.7 Å². The number of nitrogens with zero attached hydrogens (tertiary/aromatic N) is 1. The first-order chi connectivity index (χ1) is 16.8. The number of hydrogen-bond donors (Lipinski definition) is 2. The van der Waals surface area contributed by atoms with Gasteiger partial charge in [0.1, 0.15) is 5.82 Å². The molecule has 2 N–H and O–H groups in total. The molecule has 8 heteroatoms. The molecule has 1 aliphatic heterocycles. The Morgan fingerprint density at radius 3 is 2.54 bits per heavy atom. The van der Waals surface area contributed by atoms with Gasteiger partial charge in [-0.1, -0.05) is 79.7 Å². The van der Waals surface area contributed by atoms with E-state index in [0.717, 1.165) is 11.1 Å². The second-order valence-electron chi connectivity index (χ2n) is 8.65. The standard InChI is InChI=1S/C27H28ClN3O3S/c1-5-34-26(33)21-16(4)29-24-23(22(21)18-12-10-17(11-13-18)15(2)3)25(32)31-27(30-24)35-14-19-8-6-7-9-20(19)28/h6-13,15,22H,5,14H2,1-4H3,(H2,29,30,31,32). The van der Waals surface area contributed by atoms with Gasteiger partial charge >= 0.3 is 5.97 Å². The number of nitrogens with one attached hydrogen (secondary N) is 2. The van der Waals surface area contributed by atoms with Crippen molar-refractivity contribution >= 4 is 35.1 Å². The van der Waals surface area contributed by atoms with Crippen LogP contribution in [0.25, 0.3) is 0 Å². The van der Waals surface area contributed by atoms with Crippen molar-refractivity contribution < 1.29 is 9.53 Å². The van der Waals surface area contributed by atoms with E-state index in [-0.39, 0.29) is 12.2 Å². The van der Waals surface area contributed by atoms with E-state index < -0.39 is 11.9 Å². The van der Waals surface area contributed by atoms with Gasteiger partial charge < -0.3 is 15.0 Å². The number of halogens is 1. The lowest BCUT2D eigenvalue weighted by molar-refractivity contribution is -0.138. The molecule has 1 aromatic heterocycles. The lowest BCUT2D eigenvalue weighted by atomic mass is 9.81. The molecule has 4 rings (SSSR count). The lowest BCUT2D eigenvalue weighted by Crippen LogP contribution is -2.31. The monoisotopic (exact) mass is 509 g/mol. The molecule has 0 amide bonds. The molecule has 2 aromatic carbocycles. The summed E-state index contributed by atoms with van der Waals surface area (Å²) in [5, 5.41) is 4.32. The van der Waals surface area contributed by atoms with Crippen molar-refractivity contribution in [3.05, 3.63) is 97.4 Å². The van der Waals surface area contributed by atoms with E-state index in [1.54, 1.807) is 6.92 Å². The largest absolute Gasteiger partial charge is 0.463 e. The van der Waals surface area contributed by atoms with Crippen LogP contribution in [0.4, 0.5) is 5.82 Å². The van der Waals surface area contributed by atoms with Crippen LogP contribution in [-0.2, 0) is 15.3 Å². The van der Waals surface area contributed by atoms with Gasteiger partial charge in [-0.25, -0.2) is 9.78 Å². The number of esters is 1. The molecule has 0 aliphatic carbocycles. The molecule has 1 atom stereocenters. The van der Waals surface area contributed by atoms with Crippen LogP contribution in [0.5, 0.6) is 0 Å². The number of aromatic nitrogens is 2. The second-order valence-corrected chi connectivity index (χ2v) is 10.0. The summed E-state index contributed by atoms with van der Waals surface area (Å²) < 4.78 is 5.36. The second kappa shape index (κ2) is 10.7. The van der Waals surface area contributed by atoms with Crippen molar-refractivity contribution in [3.63, 3.8) is 0 Å². The smallest absolute Gasteiger partial charge is 0.336 e. The number of aromatic amines is 1. The van der Waals surface area contributed by atoms with Crippen LogP contribution in [-0.4, -0.2) is 22.5 Å². The molecule has 0 fully saturated rings. The van der Waals surface area contributed by atoms with Crippen LogP contribution in [0.3, 0.4) is 0 Å². The average Bonchev–Trinajstić information content (AvgIpc) is 2.82. The highest BCUT2D eigenvalue weighted by Gasteiger charge is 2.36. The minimum atomic E-state index is -0.592. The minimum Gasteiger partial charge on any atom is -0.463 e. The molecule has 1 aliphatic rings. The molecular weight excluding hydrogens is 482 g/mol. The third-order valence-corrected chi connectivity index (χ3v) is 7.27. The fourth-order valence-corrected chi connectivity index (χ4v) is 5.29. The van der Waals surface area contributed by atoms with Gasteiger partial charge in [0, 0.05) is 16.5 Å². The maximum absolute atomic E-state index is 13.4. The molecule has 35 heavy (non-hydrogen) atoms. The highest BCUT2D eigenvalue weighted by Crippen LogP contribution is 2.40. The topological polar surface area (TPSA) is 84.1 Å². The van der Waals surface area contributed by atoms with Crippen molar-refractivity contribution in [1.82, 2.24) is 9.97 Å². The molecule has 6 nitrogen and oxygen atoms in total. The van der Waals surface area contributed by atoms with Gasteiger partial charge in [0.25, 0.3) is 5.56 Å². The number of carbonyl (C=O) groups is 1. The van der Waals surface area contributed by atoms with Crippen molar-refractivity contribution in [1.29, 1.82) is 0 Å². The van der Waals surface area contributed by atoms with Gasteiger partial charge in [0.2, 0.25) is 0 Å². The highest BCUT2D eigenvalue weighted by molar-refractivity contribution is 7.98. The quantitative estimate of drug-likeness (QED) is 0.223. The zero-order valence-electron chi connectivity index (χ0n) is 20.1. The number of fused-ring (bicyclic) bond motifs is 1. The van der Waals surface area contributed by atoms with Crippen LogP contribution in [0.1, 0.15) is 61.8 Å². The Morgan fingerprint density at radius 1 is 1.17 bits per heavy atom. The average molecular weight is 510 g/mol. The molecule has 2 heterocycles. The van der Waals surface area contributed by atoms with Gasteiger partial charge in [-0.15, -0.1) is 0 Å². The van der Waals surface area contributed by atoms with E-state index in [0.29, 0.717) is 44.5 Å². The Hall–Kier alpha value is -3.03. The summed E-state index contributed by atoms with van der Waals surface area (Å²) in [5.74, 6) is 0.334. The summed E-state index contributed by atoms with van der Waals surface area (Å²) in [6.07, 6.45) is 0. The van der Waals surface area contributed by atoms with Crippen molar-refractivity contribution in [2.75, 3.05) is 11.9 Å². The van der Waals surface area contributed by atoms with E-state index in [2.05, 4.69) is 24.1 Å². The van der Waals surface area contributed by atoms with E-state index in [4.69, 9.17) is 21.3 Å². The van der Waals surface area contributed by atoms with Crippen molar-refractivity contribution in [2.45, 2.75) is 50.4 Å². The van der Waals surface area contributed by atoms with E-state index in [9.17, 15) is 9.59 Å². The number of ether oxygens (including phenoxy) is 1. The Morgan fingerprint density at radius 2 is 1.89 bits per heavy atom. The van der Waals surface area contributed by atoms with Gasteiger partial charge in [0.15, 0.2) is 5.16 Å². The van der Waals surface area contributed by atoms with Crippen molar-refractivity contribution in [3.8, 4) is 0 Å². The zero-order valence-corrected chi connectivity index (χ0v) is 21.7. The van der Waals surface area contributed by atoms with Crippen LogP contribution >= 0.6 is 23.4 Å². The molecule has 0 saturated heterocycles. The molecule has 0 radical (unpaired) electrons. The molecule has 0 bridgehead atoms. The summed E-state index contributed by atoms with van der Waals surface area (Å²) in [7, 11) is 0. The number of H-pyrrole nitrogens is 1. The van der Waals surface area contributed by atoms with E-state index in [1.165, 1.54) is 17.3 Å². The Bertz CT molecular complexity index is 1330. The maximum atomic E-state index is 13.4. The van der Waals surface area contributed by atoms with E-state index in [1.807, 2.05) is 55.5 Å². The summed E-state index contributed by atoms with van der Waals surface area (Å²) in [5.41, 5.74) is 4.11. The van der Waals surface area contributed by atoms with Crippen LogP contribution in [0.2, 0.25) is 5.02 Å². The minimum absolute atomic E-state index is 0.244. The maximum Gasteiger partial charge on any atom is 0.336 e. The number of thioether (sulfide) groups is 1. The lowest BCUT2D eigenvalue weighted by Gasteiger charge is -2.29. The Labute approximate surface area is 214 Å². The Kier molecular flexibility index (Phi) is 7.67. The fraction of sp³-hybridized carbons (Fsp3) is 0.296. The molecule has 182 valence electrons. The predicted octanol–water partition coefficient (Wildman–Crippen LogP) is 6.23. The summed E-state index contributed by atoms with van der Waals surface area (Å²) in [4.78, 5) is 34.0. The van der Waals surface area contributed by atoms with Gasteiger partial charge in [-0.2, -0.15) is 0 Å². The number of carbonyl (C=O) groups excluding carboxylic acids is 1. The molecular formula is C27H28ClN3O3S. The van der Waals surface area contributed by atoms with Crippen LogP contribution in [0.15, 0.2) is 69.8 Å². The van der Waals surface area contributed by atoms with E-state index >= 15 is 0 Å². The van der Waals surface area contributed by atoms with Crippen LogP contribution in [0, 0.1) is 0 Å². The highest BCUT2D eigenvalue weighted by atomic mass is 35.5. The molecule has 0 spiro atoms. The normalized spacial score (nSPS) is 15.1. The number of anilines is 1. The zero-order chi connectivity index (χ0) is 25.1. The first kappa shape index (κ1) is 25.1. The van der Waals surface area contributed by atoms with Gasteiger partial charge in [-0.05, 0) is 42.5 Å². The first-order valence-corrected chi connectivity index (χ1v) is 12.9. The summed E-state index contributed by atoms with van der Waals surface area (Å²) in [6, 6.07) is 15.6. The third kappa shape index (κ3) is 5.31. The summed E-state index contributed by atoms with van der Waals surface area (Å²) >= 11 is 7.67. The van der Waals surface area contributed by atoms with Gasteiger partial charge in [-0.3, -0.25) is 4.79 Å². The number of allylic oxidation sites excluding steroid dienone is 1. The fourth-order valence-electron chi connectivity index (χ4n) is 4.15.